The molecule has 2 heterocycles. The van der Waals surface area contributed by atoms with E-state index >= 15 is 0 Å². The number of nitrogens with zero attached hydrogens (tertiary/aromatic N) is 2. The lowest BCUT2D eigenvalue weighted by Crippen LogP contribution is -2.25. The minimum atomic E-state index is -0.0838. The van der Waals surface area contributed by atoms with E-state index in [4.69, 9.17) is 0 Å². The number of carbonyl (C=O) groups is 2. The predicted molar refractivity (Wildman–Crippen MR) is 70.6 cm³/mol. The number of amides is 2. The molecule has 0 aliphatic carbocycles. The molecule has 18 heavy (non-hydrogen) atoms. The molecule has 6 heteroatoms. The molecule has 1 saturated heterocycles. The molecule has 96 valence electrons. The Morgan fingerprint density at radius 3 is 3.17 bits per heavy atom. The van der Waals surface area contributed by atoms with Crippen molar-refractivity contribution < 1.29 is 9.59 Å². The summed E-state index contributed by atoms with van der Waals surface area (Å²) in [4.78, 5) is 29.1. The van der Waals surface area contributed by atoms with E-state index in [2.05, 4.69) is 16.9 Å². The summed E-state index contributed by atoms with van der Waals surface area (Å²) in [6.07, 6.45) is 3.35. The molecule has 0 atom stereocenters. The van der Waals surface area contributed by atoms with Crippen LogP contribution in [0.3, 0.4) is 0 Å². The number of anilines is 1. The molecule has 0 saturated carbocycles. The van der Waals surface area contributed by atoms with E-state index in [1.807, 2.05) is 5.38 Å². The van der Waals surface area contributed by atoms with Crippen LogP contribution in [-0.2, 0) is 16.0 Å². The highest BCUT2D eigenvalue weighted by Crippen LogP contribution is 2.25. The summed E-state index contributed by atoms with van der Waals surface area (Å²) in [5.74, 6) is 0.0338. The number of carbonyl (C=O) groups excluding carboxylic acids is 2. The van der Waals surface area contributed by atoms with Crippen molar-refractivity contribution in [2.24, 2.45) is 0 Å². The number of aromatic nitrogens is 1. The van der Waals surface area contributed by atoms with Crippen LogP contribution >= 0.6 is 11.3 Å². The normalized spacial score (nSPS) is 14.9. The minimum Gasteiger partial charge on any atom is -0.352 e. The van der Waals surface area contributed by atoms with E-state index in [1.165, 1.54) is 11.3 Å². The monoisotopic (exact) mass is 265 g/mol. The lowest BCUT2D eigenvalue weighted by molar-refractivity contribution is -0.120. The van der Waals surface area contributed by atoms with Gasteiger partial charge in [0.2, 0.25) is 11.8 Å². The van der Waals surface area contributed by atoms with Gasteiger partial charge in [0.25, 0.3) is 0 Å². The maximum absolute atomic E-state index is 11.5. The van der Waals surface area contributed by atoms with E-state index in [-0.39, 0.29) is 18.2 Å². The first-order valence-corrected chi connectivity index (χ1v) is 6.71. The summed E-state index contributed by atoms with van der Waals surface area (Å²) in [5.41, 5.74) is 0.705. The van der Waals surface area contributed by atoms with E-state index in [0.29, 0.717) is 23.8 Å². The fraction of sp³-hybridized carbons (Fsp3) is 0.417. The molecule has 0 unspecified atom stereocenters. The maximum Gasteiger partial charge on any atom is 0.228 e. The number of rotatable bonds is 5. The van der Waals surface area contributed by atoms with Gasteiger partial charge in [-0.15, -0.1) is 17.9 Å². The summed E-state index contributed by atoms with van der Waals surface area (Å²) >= 11 is 1.41. The topological polar surface area (TPSA) is 62.3 Å². The van der Waals surface area contributed by atoms with E-state index < -0.39 is 0 Å². The molecule has 1 fully saturated rings. The first-order valence-electron chi connectivity index (χ1n) is 5.83. The second-order valence-electron chi connectivity index (χ2n) is 4.04. The zero-order chi connectivity index (χ0) is 13.0. The summed E-state index contributed by atoms with van der Waals surface area (Å²) in [5, 5.41) is 5.22. The molecule has 0 spiro atoms. The van der Waals surface area contributed by atoms with Gasteiger partial charge in [-0.25, -0.2) is 4.98 Å². The molecule has 2 amide bonds. The molecule has 1 aliphatic heterocycles. The Hall–Kier alpha value is -1.69. The lowest BCUT2D eigenvalue weighted by atomic mass is 10.3. The Morgan fingerprint density at radius 2 is 2.50 bits per heavy atom. The van der Waals surface area contributed by atoms with Gasteiger partial charge in [0.1, 0.15) is 0 Å². The van der Waals surface area contributed by atoms with Crippen LogP contribution in [0.5, 0.6) is 0 Å². The van der Waals surface area contributed by atoms with Crippen LogP contribution in [0.1, 0.15) is 18.5 Å². The SMILES string of the molecule is C=CCNC(=O)Cc1csc(N2CCCC2=O)n1. The van der Waals surface area contributed by atoms with Crippen LogP contribution in [0.25, 0.3) is 0 Å². The molecule has 2 rings (SSSR count). The van der Waals surface area contributed by atoms with Crippen molar-refractivity contribution in [3.05, 3.63) is 23.7 Å². The fourth-order valence-corrected chi connectivity index (χ4v) is 2.63. The summed E-state index contributed by atoms with van der Waals surface area (Å²) in [7, 11) is 0. The minimum absolute atomic E-state index is 0.0838. The van der Waals surface area contributed by atoms with Crippen molar-refractivity contribution >= 4 is 28.3 Å². The van der Waals surface area contributed by atoms with E-state index in [1.54, 1.807) is 11.0 Å². The maximum atomic E-state index is 11.5. The number of thiazole rings is 1. The van der Waals surface area contributed by atoms with Gasteiger partial charge >= 0.3 is 0 Å². The van der Waals surface area contributed by atoms with Crippen LogP contribution in [0.15, 0.2) is 18.0 Å². The molecule has 0 aromatic carbocycles. The highest BCUT2D eigenvalue weighted by atomic mass is 32.1. The highest BCUT2D eigenvalue weighted by Gasteiger charge is 2.24. The average molecular weight is 265 g/mol. The second kappa shape index (κ2) is 5.77. The lowest BCUT2D eigenvalue weighted by Gasteiger charge is -2.10. The quantitative estimate of drug-likeness (QED) is 0.811. The van der Waals surface area contributed by atoms with Gasteiger partial charge in [0.15, 0.2) is 5.13 Å². The van der Waals surface area contributed by atoms with Gasteiger partial charge in [-0.2, -0.15) is 0 Å². The Labute approximate surface area is 110 Å². The van der Waals surface area contributed by atoms with E-state index in [0.717, 1.165) is 13.0 Å². The van der Waals surface area contributed by atoms with Gasteiger partial charge in [-0.05, 0) is 6.42 Å². The molecule has 0 radical (unpaired) electrons. The van der Waals surface area contributed by atoms with Gasteiger partial charge < -0.3 is 5.32 Å². The molecular weight excluding hydrogens is 250 g/mol. The van der Waals surface area contributed by atoms with Crippen molar-refractivity contribution in [3.8, 4) is 0 Å². The van der Waals surface area contributed by atoms with Crippen molar-refractivity contribution in [2.45, 2.75) is 19.3 Å². The molecule has 1 N–H and O–H groups in total. The zero-order valence-electron chi connectivity index (χ0n) is 10.0. The third-order valence-corrected chi connectivity index (χ3v) is 3.54. The summed E-state index contributed by atoms with van der Waals surface area (Å²) in [6, 6.07) is 0. The number of nitrogens with one attached hydrogen (secondary N) is 1. The predicted octanol–water partition coefficient (Wildman–Crippen LogP) is 1.11. The van der Waals surface area contributed by atoms with Crippen LogP contribution in [0.4, 0.5) is 5.13 Å². The van der Waals surface area contributed by atoms with Crippen molar-refractivity contribution in [1.82, 2.24) is 10.3 Å². The summed E-state index contributed by atoms with van der Waals surface area (Å²) < 4.78 is 0. The Bertz CT molecular complexity index is 470. The first-order chi connectivity index (χ1) is 8.70. The third-order valence-electron chi connectivity index (χ3n) is 2.63. The Morgan fingerprint density at radius 1 is 1.67 bits per heavy atom. The van der Waals surface area contributed by atoms with Gasteiger partial charge in [0, 0.05) is 24.9 Å². The smallest absolute Gasteiger partial charge is 0.228 e. The van der Waals surface area contributed by atoms with Crippen LogP contribution in [0, 0.1) is 0 Å². The third kappa shape index (κ3) is 2.95. The molecular formula is C12H15N3O2S. The molecule has 0 bridgehead atoms. The average Bonchev–Trinajstić information content (AvgIpc) is 2.95. The van der Waals surface area contributed by atoms with Gasteiger partial charge in [-0.1, -0.05) is 6.08 Å². The largest absolute Gasteiger partial charge is 0.352 e. The highest BCUT2D eigenvalue weighted by molar-refractivity contribution is 7.14. The summed E-state index contributed by atoms with van der Waals surface area (Å²) in [6.45, 7) is 4.72. The van der Waals surface area contributed by atoms with Gasteiger partial charge in [0.05, 0.1) is 12.1 Å². The molecule has 1 aromatic heterocycles. The van der Waals surface area contributed by atoms with E-state index in [9.17, 15) is 9.59 Å². The first kappa shape index (κ1) is 12.8. The van der Waals surface area contributed by atoms with Crippen molar-refractivity contribution in [2.75, 3.05) is 18.0 Å². The van der Waals surface area contributed by atoms with Crippen LogP contribution < -0.4 is 10.2 Å². The Kier molecular flexibility index (Phi) is 4.09. The molecule has 5 nitrogen and oxygen atoms in total. The van der Waals surface area contributed by atoms with Crippen LogP contribution in [-0.4, -0.2) is 29.9 Å². The van der Waals surface area contributed by atoms with Crippen LogP contribution in [0.2, 0.25) is 0 Å². The second-order valence-corrected chi connectivity index (χ2v) is 4.88. The fourth-order valence-electron chi connectivity index (χ4n) is 1.76. The molecule has 1 aliphatic rings. The Balaban J connectivity index is 1.95. The number of hydrogen-bond acceptors (Lipinski definition) is 4. The zero-order valence-corrected chi connectivity index (χ0v) is 10.8. The molecule has 1 aromatic rings. The number of hydrogen-bond donors (Lipinski definition) is 1. The van der Waals surface area contributed by atoms with Gasteiger partial charge in [-0.3, -0.25) is 14.5 Å². The standard InChI is InChI=1S/C12H15N3O2S/c1-2-5-13-10(16)7-9-8-18-12(14-9)15-6-3-4-11(15)17/h2,8H,1,3-7H2,(H,13,16). The van der Waals surface area contributed by atoms with Crippen molar-refractivity contribution in [1.29, 1.82) is 0 Å². The van der Waals surface area contributed by atoms with Crippen molar-refractivity contribution in [3.63, 3.8) is 0 Å².